The fraction of sp³-hybridized carbons (Fsp3) is 0.625. The summed E-state index contributed by atoms with van der Waals surface area (Å²) in [6, 6.07) is 5.34. The standard InChI is InChI=1S/C16H23NO3S/c1-3-12(2)10-21(19,20)17-9-13-4-5-14(18)8-15(13)16(11-17)6-7-16/h4-5,8,12,18H,3,6-7,9-11H2,1-2H3. The lowest BCUT2D eigenvalue weighted by atomic mass is 9.88. The second kappa shape index (κ2) is 4.99. The number of sulfonamides is 1. The molecule has 0 aromatic heterocycles. The molecule has 1 aromatic rings. The number of benzene rings is 1. The van der Waals surface area contributed by atoms with Crippen molar-refractivity contribution in [2.75, 3.05) is 12.3 Å². The topological polar surface area (TPSA) is 57.6 Å². The van der Waals surface area contributed by atoms with E-state index in [1.54, 1.807) is 10.4 Å². The molecule has 1 aliphatic heterocycles. The van der Waals surface area contributed by atoms with Gasteiger partial charge in [-0.2, -0.15) is 4.31 Å². The van der Waals surface area contributed by atoms with Crippen LogP contribution in [0.4, 0.5) is 0 Å². The Morgan fingerprint density at radius 3 is 2.71 bits per heavy atom. The zero-order valence-corrected chi connectivity index (χ0v) is 13.5. The maximum Gasteiger partial charge on any atom is 0.214 e. The maximum absolute atomic E-state index is 12.6. The Morgan fingerprint density at radius 1 is 1.38 bits per heavy atom. The monoisotopic (exact) mass is 309 g/mol. The molecule has 1 N–H and O–H groups in total. The molecule has 1 aromatic carbocycles. The second-order valence-electron chi connectivity index (χ2n) is 6.68. The molecule has 1 heterocycles. The van der Waals surface area contributed by atoms with Gasteiger partial charge in [-0.25, -0.2) is 8.42 Å². The van der Waals surface area contributed by atoms with Crippen molar-refractivity contribution in [1.29, 1.82) is 0 Å². The molecule has 3 rings (SSSR count). The van der Waals surface area contributed by atoms with Crippen molar-refractivity contribution >= 4 is 10.0 Å². The van der Waals surface area contributed by atoms with Crippen molar-refractivity contribution in [2.45, 2.75) is 45.1 Å². The van der Waals surface area contributed by atoms with E-state index in [-0.39, 0.29) is 22.8 Å². The first-order valence-electron chi connectivity index (χ1n) is 7.66. The van der Waals surface area contributed by atoms with Crippen LogP contribution in [0.5, 0.6) is 5.75 Å². The van der Waals surface area contributed by atoms with Crippen LogP contribution in [0.1, 0.15) is 44.2 Å². The Kier molecular flexibility index (Phi) is 3.53. The first-order valence-corrected chi connectivity index (χ1v) is 9.27. The molecule has 116 valence electrons. The van der Waals surface area contributed by atoms with Crippen molar-refractivity contribution in [2.24, 2.45) is 5.92 Å². The molecule has 1 unspecified atom stereocenters. The highest BCUT2D eigenvalue weighted by molar-refractivity contribution is 7.89. The number of fused-ring (bicyclic) bond motifs is 2. The summed E-state index contributed by atoms with van der Waals surface area (Å²) in [5, 5.41) is 9.69. The van der Waals surface area contributed by atoms with Crippen LogP contribution in [0.15, 0.2) is 18.2 Å². The zero-order valence-electron chi connectivity index (χ0n) is 12.7. The van der Waals surface area contributed by atoms with Crippen molar-refractivity contribution in [1.82, 2.24) is 4.31 Å². The number of rotatable bonds is 4. The number of aromatic hydroxyl groups is 1. The molecular weight excluding hydrogens is 286 g/mol. The van der Waals surface area contributed by atoms with Gasteiger partial charge in [0.2, 0.25) is 10.0 Å². The lowest BCUT2D eigenvalue weighted by molar-refractivity contribution is 0.340. The first kappa shape index (κ1) is 14.9. The highest BCUT2D eigenvalue weighted by Crippen LogP contribution is 2.53. The molecule has 21 heavy (non-hydrogen) atoms. The second-order valence-corrected chi connectivity index (χ2v) is 8.70. The van der Waals surface area contributed by atoms with Gasteiger partial charge in [0.05, 0.1) is 5.75 Å². The van der Waals surface area contributed by atoms with Crippen LogP contribution in [0.3, 0.4) is 0 Å². The molecule has 1 atom stereocenters. The summed E-state index contributed by atoms with van der Waals surface area (Å²) in [5.74, 6) is 0.690. The SMILES string of the molecule is CCC(C)CS(=O)(=O)N1Cc2ccc(O)cc2C2(CC2)C1. The van der Waals surface area contributed by atoms with Gasteiger partial charge in [0, 0.05) is 18.5 Å². The molecule has 0 amide bonds. The molecule has 4 nitrogen and oxygen atoms in total. The Labute approximate surface area is 126 Å². The fourth-order valence-corrected chi connectivity index (χ4v) is 5.17. The molecule has 2 aliphatic rings. The summed E-state index contributed by atoms with van der Waals surface area (Å²) in [6.07, 6.45) is 2.90. The van der Waals surface area contributed by atoms with Crippen LogP contribution in [0.2, 0.25) is 0 Å². The molecule has 0 saturated heterocycles. The van der Waals surface area contributed by atoms with Crippen LogP contribution < -0.4 is 0 Å². The highest BCUT2D eigenvalue weighted by atomic mass is 32.2. The minimum atomic E-state index is -3.21. The average molecular weight is 309 g/mol. The quantitative estimate of drug-likeness (QED) is 0.930. The van der Waals surface area contributed by atoms with E-state index in [2.05, 4.69) is 0 Å². The third kappa shape index (κ3) is 2.69. The molecule has 1 spiro atoms. The largest absolute Gasteiger partial charge is 0.508 e. The minimum Gasteiger partial charge on any atom is -0.508 e. The van der Waals surface area contributed by atoms with E-state index in [0.717, 1.165) is 30.4 Å². The summed E-state index contributed by atoms with van der Waals surface area (Å²) < 4.78 is 26.9. The van der Waals surface area contributed by atoms with Crippen LogP contribution in [0, 0.1) is 5.92 Å². The summed E-state index contributed by atoms with van der Waals surface area (Å²) in [4.78, 5) is 0. The fourth-order valence-electron chi connectivity index (χ4n) is 3.22. The van der Waals surface area contributed by atoms with Gasteiger partial charge in [-0.1, -0.05) is 26.3 Å². The third-order valence-electron chi connectivity index (χ3n) is 4.93. The zero-order chi connectivity index (χ0) is 15.3. The summed E-state index contributed by atoms with van der Waals surface area (Å²) in [6.45, 7) is 5.02. The van der Waals surface area contributed by atoms with Crippen molar-refractivity contribution < 1.29 is 13.5 Å². The van der Waals surface area contributed by atoms with Crippen molar-refractivity contribution in [3.63, 3.8) is 0 Å². The Balaban J connectivity index is 1.90. The maximum atomic E-state index is 12.6. The van der Waals surface area contributed by atoms with E-state index in [9.17, 15) is 13.5 Å². The Morgan fingerprint density at radius 2 is 2.10 bits per heavy atom. The molecular formula is C16H23NO3S. The normalized spacial score (nSPS) is 22.0. The van der Waals surface area contributed by atoms with Crippen LogP contribution in [0.25, 0.3) is 0 Å². The first-order chi connectivity index (χ1) is 9.86. The van der Waals surface area contributed by atoms with E-state index in [0.29, 0.717) is 13.1 Å². The Hall–Kier alpha value is -1.07. The van der Waals surface area contributed by atoms with Gasteiger partial charge in [-0.05, 0) is 42.0 Å². The molecule has 0 bridgehead atoms. The van der Waals surface area contributed by atoms with Crippen LogP contribution >= 0.6 is 0 Å². The number of nitrogens with zero attached hydrogens (tertiary/aromatic N) is 1. The summed E-state index contributed by atoms with van der Waals surface area (Å²) >= 11 is 0. The lowest BCUT2D eigenvalue weighted by Gasteiger charge is -2.34. The van der Waals surface area contributed by atoms with Crippen LogP contribution in [-0.4, -0.2) is 30.1 Å². The predicted molar refractivity (Wildman–Crippen MR) is 82.7 cm³/mol. The average Bonchev–Trinajstić information content (AvgIpc) is 3.19. The van der Waals surface area contributed by atoms with E-state index in [1.165, 1.54) is 0 Å². The van der Waals surface area contributed by atoms with E-state index in [1.807, 2.05) is 26.0 Å². The van der Waals surface area contributed by atoms with Crippen LogP contribution in [-0.2, 0) is 22.0 Å². The molecule has 5 heteroatoms. The minimum absolute atomic E-state index is 0.0468. The number of hydrogen-bond acceptors (Lipinski definition) is 3. The van der Waals surface area contributed by atoms with E-state index >= 15 is 0 Å². The Bertz CT molecular complexity index is 649. The number of phenolic OH excluding ortho intramolecular Hbond substituents is 1. The number of phenols is 1. The summed E-state index contributed by atoms with van der Waals surface area (Å²) in [5.41, 5.74) is 2.15. The van der Waals surface area contributed by atoms with E-state index < -0.39 is 10.0 Å². The van der Waals surface area contributed by atoms with Crippen molar-refractivity contribution in [3.8, 4) is 5.75 Å². The molecule has 1 aliphatic carbocycles. The predicted octanol–water partition coefficient (Wildman–Crippen LogP) is 2.62. The van der Waals surface area contributed by atoms with Gasteiger partial charge < -0.3 is 5.11 Å². The highest BCUT2D eigenvalue weighted by Gasteiger charge is 2.51. The van der Waals surface area contributed by atoms with Gasteiger partial charge in [-0.15, -0.1) is 0 Å². The number of hydrogen-bond donors (Lipinski definition) is 1. The van der Waals surface area contributed by atoms with Gasteiger partial charge in [0.25, 0.3) is 0 Å². The van der Waals surface area contributed by atoms with Gasteiger partial charge in [0.1, 0.15) is 5.75 Å². The molecule has 0 radical (unpaired) electrons. The lowest BCUT2D eigenvalue weighted by Crippen LogP contribution is -2.43. The van der Waals surface area contributed by atoms with Gasteiger partial charge in [0.15, 0.2) is 0 Å². The summed E-state index contributed by atoms with van der Waals surface area (Å²) in [7, 11) is -3.21. The third-order valence-corrected chi connectivity index (χ3v) is 6.96. The van der Waals surface area contributed by atoms with Gasteiger partial charge in [-0.3, -0.25) is 0 Å². The smallest absolute Gasteiger partial charge is 0.214 e. The molecule has 1 fully saturated rings. The van der Waals surface area contributed by atoms with Gasteiger partial charge >= 0.3 is 0 Å². The molecule has 1 saturated carbocycles. The van der Waals surface area contributed by atoms with E-state index in [4.69, 9.17) is 0 Å². The van der Waals surface area contributed by atoms with Crippen molar-refractivity contribution in [3.05, 3.63) is 29.3 Å².